The van der Waals surface area contributed by atoms with Gasteiger partial charge in [0, 0.05) is 32.2 Å². The zero-order chi connectivity index (χ0) is 12.1. The van der Waals surface area contributed by atoms with Crippen LogP contribution in [0.2, 0.25) is 0 Å². The van der Waals surface area contributed by atoms with Gasteiger partial charge in [-0.15, -0.1) is 24.0 Å². The predicted molar refractivity (Wildman–Crippen MR) is 87.8 cm³/mol. The highest BCUT2D eigenvalue weighted by Crippen LogP contribution is 2.18. The van der Waals surface area contributed by atoms with Gasteiger partial charge in [0.05, 0.1) is 0 Å². The van der Waals surface area contributed by atoms with Crippen molar-refractivity contribution in [3.8, 4) is 0 Å². The highest BCUT2D eigenvalue weighted by Gasteiger charge is 2.22. The zero-order valence-electron chi connectivity index (χ0n) is 11.6. The summed E-state index contributed by atoms with van der Waals surface area (Å²) in [5.41, 5.74) is 0. The first-order chi connectivity index (χ1) is 8.29. The van der Waals surface area contributed by atoms with Gasteiger partial charge in [0.25, 0.3) is 0 Å². The van der Waals surface area contributed by atoms with Crippen LogP contribution in [-0.2, 0) is 0 Å². The van der Waals surface area contributed by atoms with Gasteiger partial charge in [0.15, 0.2) is 5.96 Å². The van der Waals surface area contributed by atoms with Crippen molar-refractivity contribution in [1.29, 1.82) is 0 Å². The van der Waals surface area contributed by atoms with E-state index >= 15 is 0 Å². The Kier molecular flexibility index (Phi) is 7.29. The van der Waals surface area contributed by atoms with E-state index in [0.717, 1.165) is 25.1 Å². The van der Waals surface area contributed by atoms with Gasteiger partial charge in [-0.1, -0.05) is 6.42 Å². The lowest BCUT2D eigenvalue weighted by atomic mass is 10.0. The van der Waals surface area contributed by atoms with Crippen LogP contribution in [0.25, 0.3) is 0 Å². The number of aliphatic imine (C=N–C) groups is 1. The summed E-state index contributed by atoms with van der Waals surface area (Å²) in [6.07, 6.45) is 6.71. The number of likely N-dealkylation sites (tertiary alicyclic amines) is 1. The molecule has 106 valence electrons. The van der Waals surface area contributed by atoms with Crippen molar-refractivity contribution in [2.24, 2.45) is 4.99 Å². The third-order valence-corrected chi connectivity index (χ3v) is 3.77. The first kappa shape index (κ1) is 16.0. The molecule has 0 radical (unpaired) electrons. The minimum Gasteiger partial charge on any atom is -0.355 e. The molecule has 1 saturated heterocycles. The Balaban J connectivity index is 0.00000162. The molecule has 0 aromatic heterocycles. The lowest BCUT2D eigenvalue weighted by Crippen LogP contribution is -2.45. The van der Waals surface area contributed by atoms with Crippen LogP contribution in [-0.4, -0.2) is 49.6 Å². The fraction of sp³-hybridized carbons (Fsp3) is 0.923. The van der Waals surface area contributed by atoms with Crippen LogP contribution in [0, 0.1) is 0 Å². The fourth-order valence-corrected chi connectivity index (χ4v) is 2.42. The van der Waals surface area contributed by atoms with E-state index in [4.69, 9.17) is 0 Å². The Bertz CT molecular complexity index is 266. The molecule has 0 aromatic carbocycles. The molecule has 2 aliphatic rings. The van der Waals surface area contributed by atoms with Gasteiger partial charge in [-0.2, -0.15) is 0 Å². The molecule has 0 spiro atoms. The Morgan fingerprint density at radius 1 is 1.28 bits per heavy atom. The highest BCUT2D eigenvalue weighted by molar-refractivity contribution is 14.0. The van der Waals surface area contributed by atoms with Gasteiger partial charge < -0.3 is 10.6 Å². The Hall–Kier alpha value is -0.0400. The van der Waals surface area contributed by atoms with Gasteiger partial charge in [0.1, 0.15) is 0 Å². The molecule has 1 saturated carbocycles. The molecular formula is C13H27IN4. The predicted octanol–water partition coefficient (Wildman–Crippen LogP) is 1.81. The van der Waals surface area contributed by atoms with Crippen molar-refractivity contribution in [2.45, 2.75) is 51.1 Å². The van der Waals surface area contributed by atoms with Crippen LogP contribution in [0.15, 0.2) is 4.99 Å². The number of nitrogens with zero attached hydrogens (tertiary/aromatic N) is 2. The van der Waals surface area contributed by atoms with Crippen LogP contribution in [0.4, 0.5) is 0 Å². The van der Waals surface area contributed by atoms with Crippen LogP contribution < -0.4 is 10.6 Å². The number of guanidine groups is 1. The third-order valence-electron chi connectivity index (χ3n) is 3.77. The van der Waals surface area contributed by atoms with Crippen molar-refractivity contribution >= 4 is 29.9 Å². The maximum atomic E-state index is 4.25. The monoisotopic (exact) mass is 366 g/mol. The largest absolute Gasteiger partial charge is 0.355 e. The van der Waals surface area contributed by atoms with Crippen molar-refractivity contribution in [3.05, 3.63) is 0 Å². The number of nitrogens with one attached hydrogen (secondary N) is 2. The van der Waals surface area contributed by atoms with E-state index in [1.54, 1.807) is 0 Å². The summed E-state index contributed by atoms with van der Waals surface area (Å²) >= 11 is 0. The number of piperidine rings is 1. The molecule has 1 atom stereocenters. The van der Waals surface area contributed by atoms with Crippen LogP contribution >= 0.6 is 24.0 Å². The minimum absolute atomic E-state index is 0. The molecule has 1 aliphatic heterocycles. The van der Waals surface area contributed by atoms with Crippen molar-refractivity contribution in [2.75, 3.05) is 26.7 Å². The summed E-state index contributed by atoms with van der Waals surface area (Å²) in [7, 11) is 1.85. The normalized spacial score (nSPS) is 25.4. The zero-order valence-corrected chi connectivity index (χ0v) is 13.9. The molecule has 18 heavy (non-hydrogen) atoms. The quantitative estimate of drug-likeness (QED) is 0.453. The number of halogens is 1. The van der Waals surface area contributed by atoms with E-state index in [9.17, 15) is 0 Å². The van der Waals surface area contributed by atoms with Crippen LogP contribution in [0.5, 0.6) is 0 Å². The first-order valence-electron chi connectivity index (χ1n) is 7.01. The number of hydrogen-bond acceptors (Lipinski definition) is 2. The molecule has 2 rings (SSSR count). The molecular weight excluding hydrogens is 339 g/mol. The third kappa shape index (κ3) is 5.30. The molecule has 2 fully saturated rings. The molecule has 0 amide bonds. The molecule has 2 N–H and O–H groups in total. The van der Waals surface area contributed by atoms with E-state index in [1.165, 1.54) is 38.6 Å². The topological polar surface area (TPSA) is 39.7 Å². The van der Waals surface area contributed by atoms with Gasteiger partial charge in [-0.3, -0.25) is 9.89 Å². The summed E-state index contributed by atoms with van der Waals surface area (Å²) in [5, 5.41) is 6.82. The molecule has 1 aliphatic carbocycles. The Labute approximate surface area is 128 Å². The number of rotatable bonds is 4. The van der Waals surface area contributed by atoms with Gasteiger partial charge in [-0.25, -0.2) is 0 Å². The second kappa shape index (κ2) is 8.19. The van der Waals surface area contributed by atoms with Crippen LogP contribution in [0.1, 0.15) is 39.0 Å². The lowest BCUT2D eigenvalue weighted by molar-refractivity contribution is 0.163. The van der Waals surface area contributed by atoms with E-state index < -0.39 is 0 Å². The Morgan fingerprint density at radius 2 is 2.06 bits per heavy atom. The summed E-state index contributed by atoms with van der Waals surface area (Å²) in [6.45, 7) is 5.73. The second-order valence-corrected chi connectivity index (χ2v) is 5.30. The summed E-state index contributed by atoms with van der Waals surface area (Å²) in [5.74, 6) is 0.970. The van der Waals surface area contributed by atoms with E-state index in [0.29, 0.717) is 6.04 Å². The summed E-state index contributed by atoms with van der Waals surface area (Å²) in [6, 6.07) is 1.43. The molecule has 1 heterocycles. The lowest BCUT2D eigenvalue weighted by Gasteiger charge is -2.33. The smallest absolute Gasteiger partial charge is 0.191 e. The van der Waals surface area contributed by atoms with Gasteiger partial charge >= 0.3 is 0 Å². The summed E-state index contributed by atoms with van der Waals surface area (Å²) in [4.78, 5) is 6.83. The summed E-state index contributed by atoms with van der Waals surface area (Å²) < 4.78 is 0. The standard InChI is InChI=1S/C13H26N4.HI/c1-11-5-3-4-9-17(11)10-8-15-13(14-2)16-12-6-7-12;/h11-12H,3-10H2,1-2H3,(H2,14,15,16);1H. The van der Waals surface area contributed by atoms with E-state index in [2.05, 4.69) is 27.4 Å². The molecule has 0 aromatic rings. The van der Waals surface area contributed by atoms with Crippen molar-refractivity contribution < 1.29 is 0 Å². The highest BCUT2D eigenvalue weighted by atomic mass is 127. The van der Waals surface area contributed by atoms with Crippen molar-refractivity contribution in [3.63, 3.8) is 0 Å². The van der Waals surface area contributed by atoms with Gasteiger partial charge in [-0.05, 0) is 39.2 Å². The van der Waals surface area contributed by atoms with Crippen LogP contribution in [0.3, 0.4) is 0 Å². The maximum absolute atomic E-state index is 4.25. The molecule has 5 heteroatoms. The Morgan fingerprint density at radius 3 is 2.67 bits per heavy atom. The SMILES string of the molecule is CN=C(NCCN1CCCCC1C)NC1CC1.I. The average molecular weight is 366 g/mol. The second-order valence-electron chi connectivity index (χ2n) is 5.30. The van der Waals surface area contributed by atoms with E-state index in [-0.39, 0.29) is 24.0 Å². The van der Waals surface area contributed by atoms with Crippen molar-refractivity contribution in [1.82, 2.24) is 15.5 Å². The molecule has 0 bridgehead atoms. The molecule has 4 nitrogen and oxygen atoms in total. The van der Waals surface area contributed by atoms with E-state index in [1.807, 2.05) is 7.05 Å². The van der Waals surface area contributed by atoms with Gasteiger partial charge in [0.2, 0.25) is 0 Å². The minimum atomic E-state index is 0. The first-order valence-corrected chi connectivity index (χ1v) is 7.01. The fourth-order valence-electron chi connectivity index (χ4n) is 2.42. The number of hydrogen-bond donors (Lipinski definition) is 2. The maximum Gasteiger partial charge on any atom is 0.191 e. The molecule has 1 unspecified atom stereocenters. The average Bonchev–Trinajstić information content (AvgIpc) is 3.14.